The molecule has 1 aliphatic heterocycles. The molecule has 2 heterocycles. The van der Waals surface area contributed by atoms with Crippen LogP contribution in [0.5, 0.6) is 5.75 Å². The molecule has 0 bridgehead atoms. The summed E-state index contributed by atoms with van der Waals surface area (Å²) in [7, 11) is 0. The first-order valence-electron chi connectivity index (χ1n) is 10.2. The third kappa shape index (κ3) is 5.19. The van der Waals surface area contributed by atoms with Crippen LogP contribution in [0.3, 0.4) is 0 Å². The quantitative estimate of drug-likeness (QED) is 0.818. The normalized spacial score (nSPS) is 15.0. The average molecular weight is 398 g/mol. The molecule has 1 saturated heterocycles. The Hall–Kier alpha value is -2.76. The summed E-state index contributed by atoms with van der Waals surface area (Å²) in [5.41, 5.74) is 2.16. The zero-order chi connectivity index (χ0) is 21.2. The van der Waals surface area contributed by atoms with Crippen LogP contribution >= 0.6 is 0 Å². The van der Waals surface area contributed by atoms with E-state index in [0.29, 0.717) is 31.9 Å². The van der Waals surface area contributed by atoms with Crippen molar-refractivity contribution in [2.24, 2.45) is 0 Å². The number of aromatic nitrogens is 1. The van der Waals surface area contributed by atoms with Crippen molar-refractivity contribution in [1.82, 2.24) is 9.88 Å². The molecule has 0 unspecified atom stereocenters. The van der Waals surface area contributed by atoms with E-state index in [9.17, 15) is 9.90 Å². The van der Waals surface area contributed by atoms with Crippen LogP contribution in [0, 0.1) is 0 Å². The minimum atomic E-state index is -0.485. The first-order valence-corrected chi connectivity index (χ1v) is 10.2. The number of hydrogen-bond acceptors (Lipinski definition) is 5. The minimum Gasteiger partial charge on any atom is -0.508 e. The van der Waals surface area contributed by atoms with Crippen molar-refractivity contribution in [2.45, 2.75) is 46.1 Å². The Morgan fingerprint density at radius 2 is 1.79 bits per heavy atom. The molecule has 6 nitrogen and oxygen atoms in total. The second-order valence-electron chi connectivity index (χ2n) is 8.76. The monoisotopic (exact) mass is 397 g/mol. The summed E-state index contributed by atoms with van der Waals surface area (Å²) in [6.45, 7) is 12.4. The Balaban J connectivity index is 1.70. The molecular weight excluding hydrogens is 366 g/mol. The lowest BCUT2D eigenvalue weighted by atomic mass is 9.99. The third-order valence-electron chi connectivity index (χ3n) is 4.94. The summed E-state index contributed by atoms with van der Waals surface area (Å²) >= 11 is 0. The number of piperazine rings is 1. The summed E-state index contributed by atoms with van der Waals surface area (Å²) < 4.78 is 5.46. The molecule has 0 aliphatic carbocycles. The number of phenols is 1. The van der Waals surface area contributed by atoms with E-state index < -0.39 is 5.60 Å². The number of rotatable bonds is 3. The van der Waals surface area contributed by atoms with Crippen molar-refractivity contribution >= 4 is 11.9 Å². The van der Waals surface area contributed by atoms with Crippen LogP contribution < -0.4 is 4.90 Å². The van der Waals surface area contributed by atoms with E-state index in [1.165, 1.54) is 0 Å². The van der Waals surface area contributed by atoms with Gasteiger partial charge in [0, 0.05) is 31.7 Å². The van der Waals surface area contributed by atoms with Crippen molar-refractivity contribution in [3.05, 3.63) is 42.0 Å². The van der Waals surface area contributed by atoms with Gasteiger partial charge in [0.15, 0.2) is 0 Å². The Labute approximate surface area is 173 Å². The number of benzene rings is 1. The topological polar surface area (TPSA) is 65.9 Å². The number of hydrogen-bond donors (Lipinski definition) is 1. The SMILES string of the molecule is CC(C)c1ccc(-c2cccc(N3CCN(C(=O)OC(C)(C)C)CC3)n2)cc1O. The second-order valence-corrected chi connectivity index (χ2v) is 8.76. The van der Waals surface area contributed by atoms with Crippen molar-refractivity contribution < 1.29 is 14.6 Å². The largest absolute Gasteiger partial charge is 0.508 e. The molecule has 2 aromatic rings. The number of carbonyl (C=O) groups is 1. The zero-order valence-electron chi connectivity index (χ0n) is 18.0. The van der Waals surface area contributed by atoms with Crippen LogP contribution in [0.1, 0.15) is 46.1 Å². The molecule has 1 aliphatic rings. The molecule has 156 valence electrons. The Morgan fingerprint density at radius 3 is 2.38 bits per heavy atom. The number of aromatic hydroxyl groups is 1. The fourth-order valence-corrected chi connectivity index (χ4v) is 3.40. The highest BCUT2D eigenvalue weighted by Crippen LogP contribution is 2.31. The Bertz CT molecular complexity index is 866. The molecular formula is C23H31N3O3. The van der Waals surface area contributed by atoms with Crippen molar-refractivity contribution in [2.75, 3.05) is 31.1 Å². The molecule has 6 heteroatoms. The van der Waals surface area contributed by atoms with Crippen LogP contribution in [0.25, 0.3) is 11.3 Å². The van der Waals surface area contributed by atoms with E-state index in [0.717, 1.165) is 22.6 Å². The van der Waals surface area contributed by atoms with Crippen LogP contribution in [-0.4, -0.2) is 52.9 Å². The van der Waals surface area contributed by atoms with Gasteiger partial charge in [-0.25, -0.2) is 9.78 Å². The molecule has 1 aromatic carbocycles. The summed E-state index contributed by atoms with van der Waals surface area (Å²) in [6, 6.07) is 11.7. The molecule has 1 aromatic heterocycles. The number of ether oxygens (including phenoxy) is 1. The number of anilines is 1. The number of carbonyl (C=O) groups excluding carboxylic acids is 1. The maximum Gasteiger partial charge on any atom is 0.410 e. The fourth-order valence-electron chi connectivity index (χ4n) is 3.40. The number of amides is 1. The Kier molecular flexibility index (Phi) is 6.01. The molecule has 1 amide bonds. The van der Waals surface area contributed by atoms with Gasteiger partial charge < -0.3 is 19.6 Å². The van der Waals surface area contributed by atoms with Crippen molar-refractivity contribution in [3.8, 4) is 17.0 Å². The number of phenolic OH excluding ortho intramolecular Hbond substituents is 1. The van der Waals surface area contributed by atoms with Gasteiger partial charge in [0.1, 0.15) is 17.2 Å². The zero-order valence-corrected chi connectivity index (χ0v) is 18.0. The van der Waals surface area contributed by atoms with E-state index >= 15 is 0 Å². The first-order chi connectivity index (χ1) is 13.6. The summed E-state index contributed by atoms with van der Waals surface area (Å²) in [5, 5.41) is 10.3. The maximum absolute atomic E-state index is 12.2. The molecule has 3 rings (SSSR count). The summed E-state index contributed by atoms with van der Waals surface area (Å²) in [6.07, 6.45) is -0.264. The van der Waals surface area contributed by atoms with Crippen LogP contribution in [0.2, 0.25) is 0 Å². The van der Waals surface area contributed by atoms with Gasteiger partial charge in [0.2, 0.25) is 0 Å². The Morgan fingerprint density at radius 1 is 1.10 bits per heavy atom. The highest BCUT2D eigenvalue weighted by atomic mass is 16.6. The van der Waals surface area contributed by atoms with Gasteiger partial charge in [-0.15, -0.1) is 0 Å². The average Bonchev–Trinajstić information content (AvgIpc) is 2.66. The van der Waals surface area contributed by atoms with E-state index in [2.05, 4.69) is 18.7 Å². The predicted octanol–water partition coefficient (Wildman–Crippen LogP) is 4.63. The van der Waals surface area contributed by atoms with Crippen LogP contribution in [-0.2, 0) is 4.74 Å². The molecule has 1 N–H and O–H groups in total. The van der Waals surface area contributed by atoms with Gasteiger partial charge >= 0.3 is 6.09 Å². The second kappa shape index (κ2) is 8.31. The molecule has 0 atom stereocenters. The third-order valence-corrected chi connectivity index (χ3v) is 4.94. The van der Waals surface area contributed by atoms with Crippen LogP contribution in [0.4, 0.5) is 10.6 Å². The first kappa shape index (κ1) is 21.0. The van der Waals surface area contributed by atoms with E-state index in [1.54, 1.807) is 11.0 Å². The van der Waals surface area contributed by atoms with Gasteiger partial charge in [-0.3, -0.25) is 0 Å². The minimum absolute atomic E-state index is 0.264. The highest BCUT2D eigenvalue weighted by Gasteiger charge is 2.26. The van der Waals surface area contributed by atoms with E-state index in [-0.39, 0.29) is 12.0 Å². The summed E-state index contributed by atoms with van der Waals surface area (Å²) in [5.74, 6) is 1.44. The molecule has 0 saturated carbocycles. The molecule has 29 heavy (non-hydrogen) atoms. The van der Waals surface area contributed by atoms with E-state index in [4.69, 9.17) is 9.72 Å². The van der Waals surface area contributed by atoms with Gasteiger partial charge in [-0.05, 0) is 50.5 Å². The van der Waals surface area contributed by atoms with Gasteiger partial charge in [-0.2, -0.15) is 0 Å². The highest BCUT2D eigenvalue weighted by molar-refractivity contribution is 5.69. The lowest BCUT2D eigenvalue weighted by Gasteiger charge is -2.36. The number of pyridine rings is 1. The predicted molar refractivity (Wildman–Crippen MR) is 115 cm³/mol. The van der Waals surface area contributed by atoms with Crippen LogP contribution in [0.15, 0.2) is 36.4 Å². The van der Waals surface area contributed by atoms with Crippen molar-refractivity contribution in [3.63, 3.8) is 0 Å². The molecule has 0 radical (unpaired) electrons. The number of nitrogens with zero attached hydrogens (tertiary/aromatic N) is 3. The molecule has 1 fully saturated rings. The lowest BCUT2D eigenvalue weighted by molar-refractivity contribution is 0.0240. The van der Waals surface area contributed by atoms with E-state index in [1.807, 2.05) is 51.1 Å². The van der Waals surface area contributed by atoms with Gasteiger partial charge in [-0.1, -0.05) is 32.0 Å². The van der Waals surface area contributed by atoms with Crippen molar-refractivity contribution in [1.29, 1.82) is 0 Å². The van der Waals surface area contributed by atoms with Gasteiger partial charge in [0.25, 0.3) is 0 Å². The standard InChI is InChI=1S/C23H31N3O3/c1-16(2)18-10-9-17(15-20(18)27)19-7-6-8-21(24-19)25-11-13-26(14-12-25)22(28)29-23(3,4)5/h6-10,15-16,27H,11-14H2,1-5H3. The van der Waals surface area contributed by atoms with Gasteiger partial charge in [0.05, 0.1) is 5.69 Å². The molecule has 0 spiro atoms. The fraction of sp³-hybridized carbons (Fsp3) is 0.478. The smallest absolute Gasteiger partial charge is 0.410 e. The maximum atomic E-state index is 12.2. The summed E-state index contributed by atoms with van der Waals surface area (Å²) in [4.78, 5) is 21.0. The lowest BCUT2D eigenvalue weighted by Crippen LogP contribution is -2.50.